The summed E-state index contributed by atoms with van der Waals surface area (Å²) in [6.07, 6.45) is 0. The summed E-state index contributed by atoms with van der Waals surface area (Å²) in [4.78, 5) is 11.7. The second-order valence-electron chi connectivity index (χ2n) is 4.25. The lowest BCUT2D eigenvalue weighted by molar-refractivity contribution is 0.0960. The van der Waals surface area contributed by atoms with E-state index in [0.717, 1.165) is 21.5 Å². The van der Waals surface area contributed by atoms with Crippen molar-refractivity contribution in [1.29, 1.82) is 0 Å². The number of hydrogen-bond donors (Lipinski definition) is 0. The van der Waals surface area contributed by atoms with Crippen molar-refractivity contribution in [2.45, 2.75) is 0 Å². The van der Waals surface area contributed by atoms with Gasteiger partial charge in [-0.25, -0.2) is 4.39 Å². The van der Waals surface area contributed by atoms with E-state index in [2.05, 4.69) is 0 Å². The van der Waals surface area contributed by atoms with Crippen LogP contribution < -0.4 is 0 Å². The van der Waals surface area contributed by atoms with Gasteiger partial charge in [-0.3, -0.25) is 4.79 Å². The molecule has 0 spiro atoms. The molecule has 0 atom stereocenters. The first-order chi connectivity index (χ1) is 8.81. The maximum atomic E-state index is 12.7. The first kappa shape index (κ1) is 10.9. The summed E-state index contributed by atoms with van der Waals surface area (Å²) < 4.78 is 12.7. The summed E-state index contributed by atoms with van der Waals surface area (Å²) in [6.45, 7) is -0.956. The van der Waals surface area contributed by atoms with Crippen LogP contribution in [0.15, 0.2) is 54.6 Å². The Balaban J connectivity index is 2.50. The molecule has 3 rings (SSSR count). The predicted molar refractivity (Wildman–Crippen MR) is 71.8 cm³/mol. The fourth-order valence-corrected chi connectivity index (χ4v) is 2.36. The van der Waals surface area contributed by atoms with E-state index in [-0.39, 0.29) is 0 Å². The Morgan fingerprint density at radius 2 is 1.50 bits per heavy atom. The van der Waals surface area contributed by atoms with Gasteiger partial charge in [-0.2, -0.15) is 0 Å². The lowest BCUT2D eigenvalue weighted by Crippen LogP contribution is -2.02. The summed E-state index contributed by atoms with van der Waals surface area (Å²) in [7, 11) is 0. The molecule has 0 bridgehead atoms. The average Bonchev–Trinajstić information content (AvgIpc) is 2.45. The van der Waals surface area contributed by atoms with Crippen molar-refractivity contribution in [1.82, 2.24) is 0 Å². The fraction of sp³-hybridized carbons (Fsp3) is 0.0625. The van der Waals surface area contributed by atoms with Gasteiger partial charge in [-0.1, -0.05) is 48.5 Å². The van der Waals surface area contributed by atoms with Gasteiger partial charge in [0.15, 0.2) is 12.5 Å². The Bertz CT molecular complexity index is 746. The minimum Gasteiger partial charge on any atom is -0.291 e. The Morgan fingerprint density at radius 3 is 2.22 bits per heavy atom. The van der Waals surface area contributed by atoms with Gasteiger partial charge in [0.2, 0.25) is 0 Å². The van der Waals surface area contributed by atoms with E-state index < -0.39 is 12.5 Å². The lowest BCUT2D eigenvalue weighted by atomic mass is 9.95. The molecule has 0 aliphatic heterocycles. The highest BCUT2D eigenvalue weighted by Gasteiger charge is 2.12. The molecule has 88 valence electrons. The van der Waals surface area contributed by atoms with E-state index in [1.54, 1.807) is 6.07 Å². The third kappa shape index (κ3) is 1.58. The van der Waals surface area contributed by atoms with Crippen molar-refractivity contribution in [3.8, 4) is 0 Å². The van der Waals surface area contributed by atoms with Crippen molar-refractivity contribution in [3.63, 3.8) is 0 Å². The third-order valence-corrected chi connectivity index (χ3v) is 3.19. The smallest absolute Gasteiger partial charge is 0.194 e. The van der Waals surface area contributed by atoms with Gasteiger partial charge in [0.25, 0.3) is 0 Å². The summed E-state index contributed by atoms with van der Waals surface area (Å²) in [6, 6.07) is 17.2. The van der Waals surface area contributed by atoms with E-state index in [1.807, 2.05) is 48.5 Å². The summed E-state index contributed by atoms with van der Waals surface area (Å²) in [5.41, 5.74) is 0.465. The van der Waals surface area contributed by atoms with Gasteiger partial charge < -0.3 is 0 Å². The van der Waals surface area contributed by atoms with Gasteiger partial charge in [-0.05, 0) is 27.6 Å². The molecular weight excluding hydrogens is 227 g/mol. The number of halogens is 1. The second-order valence-corrected chi connectivity index (χ2v) is 4.25. The van der Waals surface area contributed by atoms with E-state index >= 15 is 0 Å². The van der Waals surface area contributed by atoms with Gasteiger partial charge >= 0.3 is 0 Å². The van der Waals surface area contributed by atoms with Crippen LogP contribution in [0.5, 0.6) is 0 Å². The number of benzene rings is 3. The Kier molecular flexibility index (Phi) is 2.56. The van der Waals surface area contributed by atoms with E-state index in [9.17, 15) is 9.18 Å². The minimum atomic E-state index is -0.956. The highest BCUT2D eigenvalue weighted by Crippen LogP contribution is 2.28. The molecule has 0 aromatic heterocycles. The second kappa shape index (κ2) is 4.22. The van der Waals surface area contributed by atoms with Crippen LogP contribution in [0.3, 0.4) is 0 Å². The molecule has 0 aliphatic rings. The molecular formula is C16H11FO. The quantitative estimate of drug-likeness (QED) is 0.484. The summed E-state index contributed by atoms with van der Waals surface area (Å²) in [5, 5.41) is 3.86. The number of hydrogen-bond acceptors (Lipinski definition) is 1. The van der Waals surface area contributed by atoms with Crippen LogP contribution in [-0.2, 0) is 0 Å². The van der Waals surface area contributed by atoms with Crippen LogP contribution in [0.25, 0.3) is 21.5 Å². The van der Waals surface area contributed by atoms with Crippen LogP contribution in [0.2, 0.25) is 0 Å². The number of fused-ring (bicyclic) bond motifs is 3. The molecule has 0 unspecified atom stereocenters. The number of rotatable bonds is 2. The standard InChI is InChI=1S/C16H11FO/c17-10-16(18)15-9-11-5-1-2-6-12(11)13-7-3-4-8-14(13)15/h1-9H,10H2. The molecule has 18 heavy (non-hydrogen) atoms. The SMILES string of the molecule is O=C(CF)c1cc2ccccc2c2ccccc12. The Labute approximate surface area is 104 Å². The van der Waals surface area contributed by atoms with Gasteiger partial charge in [0.05, 0.1) is 0 Å². The number of Topliss-reactive ketones (excluding diaryl/α,β-unsaturated/α-hetero) is 1. The largest absolute Gasteiger partial charge is 0.291 e. The summed E-state index contributed by atoms with van der Waals surface area (Å²) in [5.74, 6) is -0.461. The molecule has 0 N–H and O–H groups in total. The summed E-state index contributed by atoms with van der Waals surface area (Å²) >= 11 is 0. The number of carbonyl (C=O) groups excluding carboxylic acids is 1. The number of ketones is 1. The van der Waals surface area contributed by atoms with E-state index in [0.29, 0.717) is 5.56 Å². The molecule has 3 aromatic rings. The highest BCUT2D eigenvalue weighted by molar-refractivity contribution is 6.17. The zero-order valence-corrected chi connectivity index (χ0v) is 9.69. The molecule has 0 saturated carbocycles. The average molecular weight is 238 g/mol. The van der Waals surface area contributed by atoms with Gasteiger partial charge in [-0.15, -0.1) is 0 Å². The molecule has 3 aromatic carbocycles. The maximum Gasteiger partial charge on any atom is 0.194 e. The zero-order chi connectivity index (χ0) is 12.5. The van der Waals surface area contributed by atoms with Crippen molar-refractivity contribution >= 4 is 27.3 Å². The van der Waals surface area contributed by atoms with Gasteiger partial charge in [0.1, 0.15) is 0 Å². The maximum absolute atomic E-state index is 12.7. The topological polar surface area (TPSA) is 17.1 Å². The number of alkyl halides is 1. The Morgan fingerprint density at radius 1 is 0.889 bits per heavy atom. The predicted octanol–water partition coefficient (Wildman–Crippen LogP) is 4.15. The first-order valence-electron chi connectivity index (χ1n) is 5.81. The highest BCUT2D eigenvalue weighted by atomic mass is 19.1. The number of carbonyl (C=O) groups is 1. The van der Waals surface area contributed by atoms with Crippen LogP contribution in [0.1, 0.15) is 10.4 Å². The molecule has 0 radical (unpaired) electrons. The normalized spacial score (nSPS) is 10.9. The fourth-order valence-electron chi connectivity index (χ4n) is 2.36. The molecule has 2 heteroatoms. The molecule has 0 aliphatic carbocycles. The van der Waals surface area contributed by atoms with Crippen LogP contribution in [0.4, 0.5) is 4.39 Å². The van der Waals surface area contributed by atoms with Crippen molar-refractivity contribution in [2.24, 2.45) is 0 Å². The van der Waals surface area contributed by atoms with E-state index in [4.69, 9.17) is 0 Å². The van der Waals surface area contributed by atoms with Gasteiger partial charge in [0, 0.05) is 5.56 Å². The lowest BCUT2D eigenvalue weighted by Gasteiger charge is -2.08. The monoisotopic (exact) mass is 238 g/mol. The molecule has 0 amide bonds. The minimum absolute atomic E-state index is 0.461. The van der Waals surface area contributed by atoms with Crippen molar-refractivity contribution in [2.75, 3.05) is 6.67 Å². The molecule has 1 nitrogen and oxygen atoms in total. The molecule has 0 saturated heterocycles. The van der Waals surface area contributed by atoms with Crippen LogP contribution in [-0.4, -0.2) is 12.5 Å². The van der Waals surface area contributed by atoms with Crippen molar-refractivity contribution in [3.05, 3.63) is 60.2 Å². The zero-order valence-electron chi connectivity index (χ0n) is 9.69. The Hall–Kier alpha value is -2.22. The van der Waals surface area contributed by atoms with Crippen LogP contribution >= 0.6 is 0 Å². The van der Waals surface area contributed by atoms with Crippen molar-refractivity contribution < 1.29 is 9.18 Å². The third-order valence-electron chi connectivity index (χ3n) is 3.19. The molecule has 0 fully saturated rings. The first-order valence-corrected chi connectivity index (χ1v) is 5.81. The van der Waals surface area contributed by atoms with Crippen LogP contribution in [0, 0.1) is 0 Å². The van der Waals surface area contributed by atoms with E-state index in [1.165, 1.54) is 0 Å². The molecule has 0 heterocycles.